The maximum Gasteiger partial charge on any atom is 0.422 e. The van der Waals surface area contributed by atoms with Crippen LogP contribution < -0.4 is 4.57 Å². The molecule has 2 aromatic rings. The molecular formula is C15H16F3NO3S2. The Morgan fingerprint density at radius 1 is 1.08 bits per heavy atom. The molecule has 0 N–H and O–H groups in total. The number of alkyl halides is 3. The van der Waals surface area contributed by atoms with Crippen molar-refractivity contribution in [2.45, 2.75) is 23.0 Å². The predicted molar refractivity (Wildman–Crippen MR) is 83.5 cm³/mol. The van der Waals surface area contributed by atoms with Crippen LogP contribution in [0.5, 0.6) is 0 Å². The van der Waals surface area contributed by atoms with Gasteiger partial charge in [-0.1, -0.05) is 29.5 Å². The molecular weight excluding hydrogens is 363 g/mol. The highest BCUT2D eigenvalue weighted by atomic mass is 32.2. The minimum atomic E-state index is -4.27. The quantitative estimate of drug-likeness (QED) is 0.457. The molecule has 132 valence electrons. The lowest BCUT2D eigenvalue weighted by molar-refractivity contribution is -0.709. The molecule has 0 saturated heterocycles. The SMILES string of the molecule is CSc1ccc(C(F)(F)F)c[n+]1C.Cc1ccc(S(=O)(=O)[O-])cc1. The molecule has 9 heteroatoms. The first kappa shape index (κ1) is 20.5. The monoisotopic (exact) mass is 379 g/mol. The van der Waals surface area contributed by atoms with Crippen LogP contribution in [0.2, 0.25) is 0 Å². The Morgan fingerprint density at radius 3 is 2.00 bits per heavy atom. The number of pyridine rings is 1. The van der Waals surface area contributed by atoms with Crippen LogP contribution in [-0.2, 0) is 23.3 Å². The van der Waals surface area contributed by atoms with E-state index in [1.54, 1.807) is 19.2 Å². The van der Waals surface area contributed by atoms with Crippen molar-refractivity contribution >= 4 is 21.9 Å². The molecule has 24 heavy (non-hydrogen) atoms. The number of hydrogen-bond acceptors (Lipinski definition) is 4. The summed E-state index contributed by atoms with van der Waals surface area (Å²) in [7, 11) is -2.67. The lowest BCUT2D eigenvalue weighted by Crippen LogP contribution is -2.32. The van der Waals surface area contributed by atoms with E-state index in [0.717, 1.165) is 22.9 Å². The highest BCUT2D eigenvalue weighted by Gasteiger charge is 2.33. The molecule has 0 radical (unpaired) electrons. The van der Waals surface area contributed by atoms with E-state index in [1.165, 1.54) is 34.5 Å². The lowest BCUT2D eigenvalue weighted by Gasteiger charge is -2.05. The average molecular weight is 379 g/mol. The van der Waals surface area contributed by atoms with Gasteiger partial charge in [0.1, 0.15) is 22.7 Å². The van der Waals surface area contributed by atoms with Gasteiger partial charge in [-0.05, 0) is 31.4 Å². The van der Waals surface area contributed by atoms with Gasteiger partial charge in [0, 0.05) is 6.07 Å². The van der Waals surface area contributed by atoms with Crippen molar-refractivity contribution < 1.29 is 30.7 Å². The van der Waals surface area contributed by atoms with Gasteiger partial charge in [0.2, 0.25) is 5.03 Å². The summed E-state index contributed by atoms with van der Waals surface area (Å²) in [6.07, 6.45) is -1.34. The number of halogens is 3. The Hall–Kier alpha value is -1.58. The average Bonchev–Trinajstić information content (AvgIpc) is 2.46. The first-order valence-electron chi connectivity index (χ1n) is 6.58. The van der Waals surface area contributed by atoms with Crippen LogP contribution in [0.1, 0.15) is 11.1 Å². The lowest BCUT2D eigenvalue weighted by atomic mass is 10.2. The predicted octanol–water partition coefficient (Wildman–Crippen LogP) is 3.15. The molecule has 0 spiro atoms. The normalized spacial score (nSPS) is 11.6. The van der Waals surface area contributed by atoms with E-state index >= 15 is 0 Å². The van der Waals surface area contributed by atoms with Crippen LogP contribution in [0, 0.1) is 6.92 Å². The zero-order chi connectivity index (χ0) is 18.5. The van der Waals surface area contributed by atoms with Crippen LogP contribution in [0.25, 0.3) is 0 Å². The van der Waals surface area contributed by atoms with E-state index in [4.69, 9.17) is 0 Å². The molecule has 4 nitrogen and oxygen atoms in total. The van der Waals surface area contributed by atoms with Crippen molar-refractivity contribution in [3.63, 3.8) is 0 Å². The fourth-order valence-corrected chi connectivity index (χ4v) is 2.69. The summed E-state index contributed by atoms with van der Waals surface area (Å²) in [5.74, 6) is 0. The minimum Gasteiger partial charge on any atom is -0.744 e. The van der Waals surface area contributed by atoms with Crippen LogP contribution in [0.15, 0.2) is 52.5 Å². The van der Waals surface area contributed by atoms with Gasteiger partial charge in [0.05, 0.1) is 4.90 Å². The van der Waals surface area contributed by atoms with Crippen molar-refractivity contribution in [1.29, 1.82) is 0 Å². The molecule has 0 fully saturated rings. The first-order chi connectivity index (χ1) is 10.9. The second-order valence-corrected chi connectivity index (χ2v) is 7.04. The van der Waals surface area contributed by atoms with Crippen LogP contribution in [0.4, 0.5) is 13.2 Å². The molecule has 0 saturated carbocycles. The summed E-state index contributed by atoms with van der Waals surface area (Å²) >= 11 is 1.41. The Kier molecular flexibility index (Phi) is 6.82. The van der Waals surface area contributed by atoms with Gasteiger partial charge in [-0.15, -0.1) is 0 Å². The molecule has 1 aromatic heterocycles. The van der Waals surface area contributed by atoms with Gasteiger partial charge < -0.3 is 4.55 Å². The van der Waals surface area contributed by atoms with Gasteiger partial charge in [0.25, 0.3) is 0 Å². The van der Waals surface area contributed by atoms with Crippen molar-refractivity contribution in [1.82, 2.24) is 0 Å². The Balaban J connectivity index is 0.000000243. The van der Waals surface area contributed by atoms with E-state index < -0.39 is 21.9 Å². The van der Waals surface area contributed by atoms with Crippen LogP contribution >= 0.6 is 11.8 Å². The minimum absolute atomic E-state index is 0.178. The van der Waals surface area contributed by atoms with Crippen LogP contribution in [-0.4, -0.2) is 19.2 Å². The zero-order valence-corrected chi connectivity index (χ0v) is 14.8. The second-order valence-electron chi connectivity index (χ2n) is 4.84. The van der Waals surface area contributed by atoms with E-state index in [9.17, 15) is 26.1 Å². The molecule has 0 aliphatic carbocycles. The second kappa shape index (κ2) is 8.00. The number of nitrogens with zero attached hydrogens (tertiary/aromatic N) is 1. The third-order valence-corrected chi connectivity index (χ3v) is 4.62. The number of thioether (sulfide) groups is 1. The highest BCUT2D eigenvalue weighted by molar-refractivity contribution is 7.98. The van der Waals surface area contributed by atoms with Gasteiger partial charge >= 0.3 is 6.18 Å². The highest BCUT2D eigenvalue weighted by Crippen LogP contribution is 2.28. The number of aryl methyl sites for hydroxylation is 2. The molecule has 0 amide bonds. The number of benzene rings is 1. The van der Waals surface area contributed by atoms with Crippen molar-refractivity contribution in [2.75, 3.05) is 6.26 Å². The van der Waals surface area contributed by atoms with E-state index in [2.05, 4.69) is 0 Å². The fraction of sp³-hybridized carbons (Fsp3) is 0.267. The largest absolute Gasteiger partial charge is 0.744 e. The van der Waals surface area contributed by atoms with Gasteiger partial charge in [-0.3, -0.25) is 0 Å². The first-order valence-corrected chi connectivity index (χ1v) is 9.22. The van der Waals surface area contributed by atoms with Crippen molar-refractivity contribution in [3.05, 3.63) is 53.7 Å². The molecule has 0 atom stereocenters. The summed E-state index contributed by atoms with van der Waals surface area (Å²) in [5.41, 5.74) is 0.310. The van der Waals surface area contributed by atoms with Crippen LogP contribution in [0.3, 0.4) is 0 Å². The maximum absolute atomic E-state index is 12.2. The number of hydrogen-bond donors (Lipinski definition) is 0. The molecule has 2 rings (SSSR count). The Morgan fingerprint density at radius 2 is 1.62 bits per heavy atom. The summed E-state index contributed by atoms with van der Waals surface area (Å²) in [6, 6.07) is 8.34. The summed E-state index contributed by atoms with van der Waals surface area (Å²) in [4.78, 5) is -0.178. The topological polar surface area (TPSA) is 61.1 Å². The molecule has 1 aromatic carbocycles. The van der Waals surface area contributed by atoms with Gasteiger partial charge in [-0.25, -0.2) is 8.42 Å². The smallest absolute Gasteiger partial charge is 0.422 e. The van der Waals surface area contributed by atoms with E-state index in [-0.39, 0.29) is 4.90 Å². The number of aromatic nitrogens is 1. The van der Waals surface area contributed by atoms with E-state index in [1.807, 2.05) is 13.2 Å². The Labute approximate surface area is 143 Å². The molecule has 0 bridgehead atoms. The summed E-state index contributed by atoms with van der Waals surface area (Å²) in [5, 5.41) is 0.799. The van der Waals surface area contributed by atoms with E-state index in [0.29, 0.717) is 0 Å². The zero-order valence-electron chi connectivity index (χ0n) is 13.2. The van der Waals surface area contributed by atoms with Gasteiger partial charge in [-0.2, -0.15) is 17.7 Å². The fourth-order valence-electron chi connectivity index (χ4n) is 1.68. The maximum atomic E-state index is 12.2. The molecule has 0 unspecified atom stereocenters. The van der Waals surface area contributed by atoms with Crippen molar-refractivity contribution in [2.24, 2.45) is 7.05 Å². The Bertz CT molecular complexity index is 789. The van der Waals surface area contributed by atoms with Crippen molar-refractivity contribution in [3.8, 4) is 0 Å². The molecule has 0 aliphatic heterocycles. The standard InChI is InChI=1S/C8H9F3NS.C7H8O3S/c1-12-5-6(8(9,10)11)3-4-7(12)13-2;1-6-2-4-7(5-3-6)11(8,9)10/h3-5H,1-2H3;2-5H,1H3,(H,8,9,10)/q+1;/p-1. The third kappa shape index (κ3) is 6.14. The molecule has 1 heterocycles. The summed E-state index contributed by atoms with van der Waals surface area (Å²) in [6.45, 7) is 1.82. The third-order valence-electron chi connectivity index (χ3n) is 2.93. The number of rotatable bonds is 2. The summed E-state index contributed by atoms with van der Waals surface area (Å²) < 4.78 is 69.2. The molecule has 0 aliphatic rings. The van der Waals surface area contributed by atoms with Gasteiger partial charge in [0.15, 0.2) is 6.20 Å².